The molecule has 0 aromatic carbocycles. The molecule has 4 heteroatoms. The fourth-order valence-electron chi connectivity index (χ4n) is 0.808. The Labute approximate surface area is 64.8 Å². The van der Waals surface area contributed by atoms with Crippen molar-refractivity contribution in [2.45, 2.75) is 13.0 Å². The van der Waals surface area contributed by atoms with Crippen LogP contribution < -0.4 is 5.69 Å². The van der Waals surface area contributed by atoms with E-state index in [0.29, 0.717) is 6.54 Å². The summed E-state index contributed by atoms with van der Waals surface area (Å²) < 4.78 is 2.87. The highest BCUT2D eigenvalue weighted by Gasteiger charge is 1.97. The molecule has 1 aromatic rings. The first-order chi connectivity index (χ1) is 5.25. The molecule has 0 unspecified atom stereocenters. The maximum absolute atomic E-state index is 11.1. The lowest BCUT2D eigenvalue weighted by atomic mass is 10.4. The first-order valence-corrected chi connectivity index (χ1v) is 3.45. The van der Waals surface area contributed by atoms with E-state index in [0.717, 1.165) is 6.42 Å². The van der Waals surface area contributed by atoms with Crippen LogP contribution in [-0.4, -0.2) is 14.3 Å². The van der Waals surface area contributed by atoms with Crippen molar-refractivity contribution < 1.29 is 0 Å². The molecule has 0 amide bonds. The second-order valence-electron chi connectivity index (χ2n) is 2.31. The van der Waals surface area contributed by atoms with Crippen molar-refractivity contribution in [1.82, 2.24) is 14.3 Å². The van der Waals surface area contributed by atoms with Gasteiger partial charge in [-0.1, -0.05) is 6.08 Å². The number of rotatable bonds is 3. The average Bonchev–Trinajstić information content (AvgIpc) is 2.31. The van der Waals surface area contributed by atoms with E-state index in [1.807, 2.05) is 0 Å². The molecule has 0 atom stereocenters. The molecule has 1 heterocycles. The number of aryl methyl sites for hydroxylation is 2. The van der Waals surface area contributed by atoms with Crippen LogP contribution in [0.5, 0.6) is 0 Å². The van der Waals surface area contributed by atoms with Gasteiger partial charge in [-0.15, -0.1) is 6.58 Å². The Morgan fingerprint density at radius 3 is 3.00 bits per heavy atom. The molecular weight excluding hydrogens is 142 g/mol. The van der Waals surface area contributed by atoms with E-state index in [1.54, 1.807) is 17.7 Å². The lowest BCUT2D eigenvalue weighted by Crippen LogP contribution is -2.22. The van der Waals surface area contributed by atoms with Crippen molar-refractivity contribution in [2.75, 3.05) is 0 Å². The third-order valence-electron chi connectivity index (χ3n) is 1.46. The molecule has 0 N–H and O–H groups in total. The van der Waals surface area contributed by atoms with Gasteiger partial charge in [0.1, 0.15) is 6.33 Å². The lowest BCUT2D eigenvalue weighted by Gasteiger charge is -1.93. The molecule has 0 spiro atoms. The van der Waals surface area contributed by atoms with Gasteiger partial charge in [0, 0.05) is 13.6 Å². The highest BCUT2D eigenvalue weighted by Crippen LogP contribution is 1.84. The molecule has 0 saturated heterocycles. The van der Waals surface area contributed by atoms with Crippen LogP contribution >= 0.6 is 0 Å². The molecule has 1 rings (SSSR count). The summed E-state index contributed by atoms with van der Waals surface area (Å²) in [5, 5.41) is 3.80. The smallest absolute Gasteiger partial charge is 0.281 e. The molecule has 0 aliphatic rings. The molecular formula is C7H11N3O. The van der Waals surface area contributed by atoms with E-state index in [2.05, 4.69) is 11.7 Å². The molecule has 0 saturated carbocycles. The lowest BCUT2D eigenvalue weighted by molar-refractivity contribution is 0.652. The zero-order valence-corrected chi connectivity index (χ0v) is 6.53. The topological polar surface area (TPSA) is 39.8 Å². The summed E-state index contributed by atoms with van der Waals surface area (Å²) in [4.78, 5) is 11.1. The zero-order valence-electron chi connectivity index (χ0n) is 6.53. The van der Waals surface area contributed by atoms with Crippen molar-refractivity contribution in [3.8, 4) is 0 Å². The van der Waals surface area contributed by atoms with Crippen molar-refractivity contribution in [3.63, 3.8) is 0 Å². The van der Waals surface area contributed by atoms with Crippen LogP contribution in [0.2, 0.25) is 0 Å². The van der Waals surface area contributed by atoms with E-state index < -0.39 is 0 Å². The summed E-state index contributed by atoms with van der Waals surface area (Å²) in [5.74, 6) is 0. The largest absolute Gasteiger partial charge is 0.345 e. The SMILES string of the molecule is C=CCCn1cnn(C)c1=O. The molecule has 60 valence electrons. The number of nitrogens with zero attached hydrogens (tertiary/aromatic N) is 3. The quantitative estimate of drug-likeness (QED) is 0.580. The van der Waals surface area contributed by atoms with Crippen molar-refractivity contribution in [3.05, 3.63) is 29.5 Å². The summed E-state index contributed by atoms with van der Waals surface area (Å²) in [6.45, 7) is 4.23. The Kier molecular flexibility index (Phi) is 2.25. The molecule has 0 radical (unpaired) electrons. The van der Waals surface area contributed by atoms with Gasteiger partial charge in [-0.2, -0.15) is 5.10 Å². The fraction of sp³-hybridized carbons (Fsp3) is 0.429. The first-order valence-electron chi connectivity index (χ1n) is 3.45. The van der Waals surface area contributed by atoms with Crippen LogP contribution in [-0.2, 0) is 13.6 Å². The average molecular weight is 153 g/mol. The predicted octanol–water partition coefficient (Wildman–Crippen LogP) is 0.158. The normalized spacial score (nSPS) is 9.91. The van der Waals surface area contributed by atoms with Crippen LogP contribution in [0.4, 0.5) is 0 Å². The Hall–Kier alpha value is -1.32. The molecule has 4 nitrogen and oxygen atoms in total. The van der Waals surface area contributed by atoms with Gasteiger partial charge in [-0.3, -0.25) is 4.57 Å². The Morgan fingerprint density at radius 1 is 1.82 bits per heavy atom. The molecule has 1 aromatic heterocycles. The van der Waals surface area contributed by atoms with Gasteiger partial charge in [-0.25, -0.2) is 9.48 Å². The minimum Gasteiger partial charge on any atom is -0.281 e. The Bertz CT molecular complexity index is 297. The van der Waals surface area contributed by atoms with E-state index in [-0.39, 0.29) is 5.69 Å². The fourth-order valence-corrected chi connectivity index (χ4v) is 0.808. The van der Waals surface area contributed by atoms with Crippen molar-refractivity contribution >= 4 is 0 Å². The Morgan fingerprint density at radius 2 is 2.55 bits per heavy atom. The monoisotopic (exact) mass is 153 g/mol. The molecule has 0 aliphatic heterocycles. The van der Waals surface area contributed by atoms with E-state index in [1.165, 1.54) is 11.0 Å². The maximum atomic E-state index is 11.1. The standard InChI is InChI=1S/C7H11N3O/c1-3-4-5-10-6-8-9(2)7(10)11/h3,6H,1,4-5H2,2H3. The third-order valence-corrected chi connectivity index (χ3v) is 1.46. The predicted molar refractivity (Wildman–Crippen MR) is 42.3 cm³/mol. The highest BCUT2D eigenvalue weighted by molar-refractivity contribution is 4.71. The van der Waals surface area contributed by atoms with Gasteiger partial charge in [0.2, 0.25) is 0 Å². The molecule has 0 fully saturated rings. The molecule has 0 bridgehead atoms. The minimum atomic E-state index is -0.0770. The molecule has 0 aliphatic carbocycles. The van der Waals surface area contributed by atoms with Crippen LogP contribution in [0, 0.1) is 0 Å². The summed E-state index contributed by atoms with van der Waals surface area (Å²) >= 11 is 0. The molecule has 11 heavy (non-hydrogen) atoms. The van der Waals surface area contributed by atoms with Gasteiger partial charge in [-0.05, 0) is 6.42 Å². The van der Waals surface area contributed by atoms with Gasteiger partial charge in [0.05, 0.1) is 0 Å². The Balaban J connectivity index is 2.79. The second-order valence-corrected chi connectivity index (χ2v) is 2.31. The first kappa shape index (κ1) is 7.78. The van der Waals surface area contributed by atoms with E-state index in [9.17, 15) is 4.79 Å². The van der Waals surface area contributed by atoms with Crippen molar-refractivity contribution in [1.29, 1.82) is 0 Å². The summed E-state index contributed by atoms with van der Waals surface area (Å²) in [7, 11) is 1.63. The summed E-state index contributed by atoms with van der Waals surface area (Å²) in [6, 6.07) is 0. The van der Waals surface area contributed by atoms with Crippen LogP contribution in [0.25, 0.3) is 0 Å². The zero-order chi connectivity index (χ0) is 8.27. The van der Waals surface area contributed by atoms with Gasteiger partial charge >= 0.3 is 5.69 Å². The number of allylic oxidation sites excluding steroid dienone is 1. The maximum Gasteiger partial charge on any atom is 0.345 e. The number of hydrogen-bond donors (Lipinski definition) is 0. The van der Waals surface area contributed by atoms with Gasteiger partial charge < -0.3 is 0 Å². The number of aromatic nitrogens is 3. The van der Waals surface area contributed by atoms with Gasteiger partial charge in [0.25, 0.3) is 0 Å². The van der Waals surface area contributed by atoms with Crippen LogP contribution in [0.15, 0.2) is 23.8 Å². The number of hydrogen-bond acceptors (Lipinski definition) is 2. The van der Waals surface area contributed by atoms with E-state index >= 15 is 0 Å². The summed E-state index contributed by atoms with van der Waals surface area (Å²) in [6.07, 6.45) is 4.11. The van der Waals surface area contributed by atoms with Crippen LogP contribution in [0.3, 0.4) is 0 Å². The minimum absolute atomic E-state index is 0.0770. The third kappa shape index (κ3) is 1.58. The van der Waals surface area contributed by atoms with E-state index in [4.69, 9.17) is 0 Å². The second kappa shape index (κ2) is 3.18. The summed E-state index contributed by atoms with van der Waals surface area (Å²) in [5.41, 5.74) is -0.0770. The highest BCUT2D eigenvalue weighted by atomic mass is 16.2. The van der Waals surface area contributed by atoms with Gasteiger partial charge in [0.15, 0.2) is 0 Å². The van der Waals surface area contributed by atoms with Crippen molar-refractivity contribution in [2.24, 2.45) is 7.05 Å². The van der Waals surface area contributed by atoms with Crippen LogP contribution in [0.1, 0.15) is 6.42 Å².